The van der Waals surface area contributed by atoms with E-state index in [4.69, 9.17) is 9.72 Å². The van der Waals surface area contributed by atoms with Crippen molar-refractivity contribution >= 4 is 23.0 Å². The minimum atomic E-state index is -0.211. The Bertz CT molecular complexity index is 1420. The van der Waals surface area contributed by atoms with E-state index in [0.29, 0.717) is 13.0 Å². The standard InChI is InChI=1S/C35H43FN4O2/c1-27(2)42-34(41)11-5-8-28-12-14-29(15-13-28)20-25-38-21-6-23-39(24-7-22-38)35-37-32-9-3-4-10-33(32)40(35)26-30-16-18-31(36)19-17-30/h3-4,9-10,12-19,27H,5-8,11,20-26H2,1-2H3. The van der Waals surface area contributed by atoms with Gasteiger partial charge in [0.15, 0.2) is 0 Å². The molecule has 0 radical (unpaired) electrons. The Hall–Kier alpha value is -3.71. The van der Waals surface area contributed by atoms with Crippen molar-refractivity contribution < 1.29 is 13.9 Å². The summed E-state index contributed by atoms with van der Waals surface area (Å²) < 4.78 is 21.0. The number of hydrogen-bond donors (Lipinski definition) is 0. The molecule has 42 heavy (non-hydrogen) atoms. The lowest BCUT2D eigenvalue weighted by molar-refractivity contribution is -0.147. The molecule has 1 saturated heterocycles. The molecule has 0 N–H and O–H groups in total. The van der Waals surface area contributed by atoms with Crippen LogP contribution in [0.1, 0.15) is 56.2 Å². The van der Waals surface area contributed by atoms with Crippen LogP contribution >= 0.6 is 0 Å². The quantitative estimate of drug-likeness (QED) is 0.189. The van der Waals surface area contributed by atoms with Crippen LogP contribution in [-0.4, -0.2) is 59.2 Å². The fourth-order valence-electron chi connectivity index (χ4n) is 5.77. The number of para-hydroxylation sites is 2. The van der Waals surface area contributed by atoms with Crippen molar-refractivity contribution in [2.45, 2.75) is 65.0 Å². The van der Waals surface area contributed by atoms with E-state index in [-0.39, 0.29) is 17.9 Å². The van der Waals surface area contributed by atoms with Gasteiger partial charge in [0.2, 0.25) is 5.95 Å². The zero-order chi connectivity index (χ0) is 29.3. The molecule has 6 nitrogen and oxygen atoms in total. The summed E-state index contributed by atoms with van der Waals surface area (Å²) >= 11 is 0. The van der Waals surface area contributed by atoms with Gasteiger partial charge in [0, 0.05) is 26.1 Å². The van der Waals surface area contributed by atoms with Crippen LogP contribution in [0.4, 0.5) is 10.3 Å². The molecule has 222 valence electrons. The summed E-state index contributed by atoms with van der Waals surface area (Å²) in [6.07, 6.45) is 5.34. The number of imidazole rings is 1. The van der Waals surface area contributed by atoms with Gasteiger partial charge in [0.25, 0.3) is 0 Å². The molecular formula is C35H43FN4O2. The fourth-order valence-corrected chi connectivity index (χ4v) is 5.77. The number of rotatable bonds is 11. The first-order chi connectivity index (χ1) is 20.4. The molecule has 0 atom stereocenters. The lowest BCUT2D eigenvalue weighted by Gasteiger charge is -2.31. The number of carbonyl (C=O) groups is 1. The lowest BCUT2D eigenvalue weighted by atomic mass is 10.0. The van der Waals surface area contributed by atoms with E-state index in [0.717, 1.165) is 87.4 Å². The van der Waals surface area contributed by atoms with Crippen molar-refractivity contribution in [2.75, 3.05) is 37.6 Å². The van der Waals surface area contributed by atoms with Gasteiger partial charge in [-0.05, 0) is 100.0 Å². The molecule has 1 aliphatic heterocycles. The minimum Gasteiger partial charge on any atom is -0.463 e. The minimum absolute atomic E-state index is 0.0479. The number of benzene rings is 3. The highest BCUT2D eigenvalue weighted by Crippen LogP contribution is 2.25. The van der Waals surface area contributed by atoms with Gasteiger partial charge in [-0.3, -0.25) is 4.79 Å². The maximum atomic E-state index is 13.5. The van der Waals surface area contributed by atoms with Crippen molar-refractivity contribution in [1.29, 1.82) is 0 Å². The summed E-state index contributed by atoms with van der Waals surface area (Å²) in [5.41, 5.74) is 5.81. The maximum Gasteiger partial charge on any atom is 0.306 e. The van der Waals surface area contributed by atoms with Crippen LogP contribution < -0.4 is 4.90 Å². The zero-order valence-corrected chi connectivity index (χ0v) is 25.0. The van der Waals surface area contributed by atoms with Crippen LogP contribution in [0.2, 0.25) is 0 Å². The number of nitrogens with zero attached hydrogens (tertiary/aromatic N) is 4. The number of aromatic nitrogens is 2. The van der Waals surface area contributed by atoms with Crippen LogP contribution in [-0.2, 0) is 28.9 Å². The average molecular weight is 571 g/mol. The first-order valence-electron chi connectivity index (χ1n) is 15.4. The van der Waals surface area contributed by atoms with E-state index in [1.807, 2.05) is 32.0 Å². The Morgan fingerprint density at radius 2 is 1.50 bits per heavy atom. The molecule has 1 aromatic heterocycles. The summed E-state index contributed by atoms with van der Waals surface area (Å²) in [6.45, 7) is 9.56. The second kappa shape index (κ2) is 14.5. The highest BCUT2D eigenvalue weighted by molar-refractivity contribution is 5.79. The number of ether oxygens (including phenoxy) is 1. The molecule has 1 aliphatic rings. The van der Waals surface area contributed by atoms with Gasteiger partial charge in [-0.2, -0.15) is 0 Å². The van der Waals surface area contributed by atoms with E-state index in [9.17, 15) is 9.18 Å². The number of fused-ring (bicyclic) bond motifs is 1. The van der Waals surface area contributed by atoms with Crippen LogP contribution in [0.3, 0.4) is 0 Å². The molecule has 2 heterocycles. The number of hydrogen-bond acceptors (Lipinski definition) is 5. The van der Waals surface area contributed by atoms with Gasteiger partial charge in [-0.1, -0.05) is 48.5 Å². The van der Waals surface area contributed by atoms with Crippen molar-refractivity contribution in [2.24, 2.45) is 0 Å². The third-order valence-corrected chi connectivity index (χ3v) is 7.93. The molecule has 0 unspecified atom stereocenters. The molecule has 5 rings (SSSR count). The molecule has 0 amide bonds. The van der Waals surface area contributed by atoms with Gasteiger partial charge in [0.1, 0.15) is 5.82 Å². The summed E-state index contributed by atoms with van der Waals surface area (Å²) in [4.78, 5) is 21.8. The number of carbonyl (C=O) groups excluding carboxylic acids is 1. The summed E-state index contributed by atoms with van der Waals surface area (Å²) in [5.74, 6) is 0.685. The Balaban J connectivity index is 1.12. The fraction of sp³-hybridized carbons (Fsp3) is 0.429. The van der Waals surface area contributed by atoms with E-state index < -0.39 is 0 Å². The predicted octanol–water partition coefficient (Wildman–Crippen LogP) is 6.64. The van der Waals surface area contributed by atoms with E-state index in [1.165, 1.54) is 23.3 Å². The van der Waals surface area contributed by atoms with E-state index in [2.05, 4.69) is 56.8 Å². The normalized spacial score (nSPS) is 14.7. The van der Waals surface area contributed by atoms with Crippen LogP contribution in [0.5, 0.6) is 0 Å². The number of anilines is 1. The Kier molecular flexibility index (Phi) is 10.2. The molecule has 3 aromatic carbocycles. The summed E-state index contributed by atoms with van der Waals surface area (Å²) in [6, 6.07) is 23.9. The number of aryl methyl sites for hydroxylation is 1. The Morgan fingerprint density at radius 1 is 0.857 bits per heavy atom. The first-order valence-corrected chi connectivity index (χ1v) is 15.4. The summed E-state index contributed by atoms with van der Waals surface area (Å²) in [7, 11) is 0. The summed E-state index contributed by atoms with van der Waals surface area (Å²) in [5, 5.41) is 0. The second-order valence-corrected chi connectivity index (χ2v) is 11.6. The number of esters is 1. The Morgan fingerprint density at radius 3 is 2.19 bits per heavy atom. The van der Waals surface area contributed by atoms with Gasteiger partial charge >= 0.3 is 5.97 Å². The largest absolute Gasteiger partial charge is 0.463 e. The van der Waals surface area contributed by atoms with E-state index in [1.54, 1.807) is 0 Å². The number of halogens is 1. The molecule has 0 spiro atoms. The van der Waals surface area contributed by atoms with Crippen LogP contribution in [0.15, 0.2) is 72.8 Å². The van der Waals surface area contributed by atoms with Gasteiger partial charge in [-0.25, -0.2) is 9.37 Å². The van der Waals surface area contributed by atoms with Gasteiger partial charge in [0.05, 0.1) is 23.7 Å². The molecule has 0 bridgehead atoms. The maximum absolute atomic E-state index is 13.5. The lowest BCUT2D eigenvalue weighted by Crippen LogP contribution is -2.38. The third-order valence-electron chi connectivity index (χ3n) is 7.93. The van der Waals surface area contributed by atoms with Crippen molar-refractivity contribution in [3.63, 3.8) is 0 Å². The smallest absolute Gasteiger partial charge is 0.306 e. The molecule has 7 heteroatoms. The second-order valence-electron chi connectivity index (χ2n) is 11.6. The van der Waals surface area contributed by atoms with Crippen molar-refractivity contribution in [1.82, 2.24) is 14.5 Å². The van der Waals surface area contributed by atoms with Crippen molar-refractivity contribution in [3.8, 4) is 0 Å². The topological polar surface area (TPSA) is 50.6 Å². The van der Waals surface area contributed by atoms with Gasteiger partial charge < -0.3 is 19.1 Å². The zero-order valence-electron chi connectivity index (χ0n) is 25.0. The average Bonchev–Trinajstić information content (AvgIpc) is 3.32. The molecule has 0 aliphatic carbocycles. The van der Waals surface area contributed by atoms with Crippen molar-refractivity contribution in [3.05, 3.63) is 95.3 Å². The predicted molar refractivity (Wildman–Crippen MR) is 167 cm³/mol. The SMILES string of the molecule is CC(C)OC(=O)CCCc1ccc(CCN2CCCN(c3nc4ccccc4n3Cc3ccc(F)cc3)CCC2)cc1. The highest BCUT2D eigenvalue weighted by Gasteiger charge is 2.20. The molecule has 0 saturated carbocycles. The third kappa shape index (κ3) is 8.19. The van der Waals surface area contributed by atoms with Crippen LogP contribution in [0.25, 0.3) is 11.0 Å². The first kappa shape index (κ1) is 29.8. The highest BCUT2D eigenvalue weighted by atomic mass is 19.1. The van der Waals surface area contributed by atoms with Gasteiger partial charge in [-0.15, -0.1) is 0 Å². The Labute approximate surface area is 249 Å². The molecular weight excluding hydrogens is 527 g/mol. The van der Waals surface area contributed by atoms with Crippen LogP contribution in [0, 0.1) is 5.82 Å². The molecule has 4 aromatic rings. The monoisotopic (exact) mass is 570 g/mol. The molecule has 1 fully saturated rings. The van der Waals surface area contributed by atoms with E-state index >= 15 is 0 Å².